The van der Waals surface area contributed by atoms with Crippen LogP contribution in [0.1, 0.15) is 29.8 Å². The summed E-state index contributed by atoms with van der Waals surface area (Å²) in [5.41, 5.74) is -0.249. The van der Waals surface area contributed by atoms with Crippen LogP contribution >= 0.6 is 0 Å². The lowest BCUT2D eigenvalue weighted by Crippen LogP contribution is -2.27. The molecular weight excluding hydrogens is 206 g/mol. The van der Waals surface area contributed by atoms with Gasteiger partial charge in [-0.1, -0.05) is 5.92 Å². The molecule has 16 heavy (non-hydrogen) atoms. The van der Waals surface area contributed by atoms with Gasteiger partial charge in [-0.05, 0) is 32.4 Å². The van der Waals surface area contributed by atoms with Crippen LogP contribution in [0.25, 0.3) is 0 Å². The van der Waals surface area contributed by atoms with Crippen LogP contribution in [0.4, 0.5) is 0 Å². The number of carboxylic acid groups (broad SMARTS) is 1. The van der Waals surface area contributed by atoms with Gasteiger partial charge in [0.1, 0.15) is 5.56 Å². The fourth-order valence-electron chi connectivity index (χ4n) is 1.14. The van der Waals surface area contributed by atoms with Crippen LogP contribution in [0, 0.1) is 19.3 Å². The van der Waals surface area contributed by atoms with Crippen LogP contribution in [0.15, 0.2) is 12.3 Å². The molecule has 1 aromatic rings. The van der Waals surface area contributed by atoms with Crippen molar-refractivity contribution in [2.75, 3.05) is 0 Å². The Balaban J connectivity index is 3.21. The van der Waals surface area contributed by atoms with E-state index >= 15 is 0 Å². The fourth-order valence-corrected chi connectivity index (χ4v) is 1.14. The third-order valence-corrected chi connectivity index (χ3v) is 2.04. The molecule has 0 atom stereocenters. The standard InChI is InChI=1S/C12H13NO3/c1-5-12(3,4)16-10-9(11(14)15)8(2)6-7-13-10/h1,6-7H,2-4H3,(H,14,15). The van der Waals surface area contributed by atoms with Crippen LogP contribution < -0.4 is 4.74 Å². The minimum Gasteiger partial charge on any atom is -0.477 e. The number of nitrogens with zero attached hydrogens (tertiary/aromatic N) is 1. The van der Waals surface area contributed by atoms with Gasteiger partial charge in [-0.3, -0.25) is 0 Å². The van der Waals surface area contributed by atoms with Crippen LogP contribution in [0.5, 0.6) is 5.88 Å². The lowest BCUT2D eigenvalue weighted by molar-refractivity contribution is 0.0683. The number of ether oxygens (including phenoxy) is 1. The molecule has 0 aromatic carbocycles. The van der Waals surface area contributed by atoms with Gasteiger partial charge in [-0.2, -0.15) is 0 Å². The first-order valence-corrected chi connectivity index (χ1v) is 4.73. The van der Waals surface area contributed by atoms with E-state index in [1.165, 1.54) is 6.20 Å². The van der Waals surface area contributed by atoms with Gasteiger partial charge in [0.25, 0.3) is 0 Å². The highest BCUT2D eigenvalue weighted by atomic mass is 16.5. The number of carbonyl (C=O) groups is 1. The van der Waals surface area contributed by atoms with E-state index in [9.17, 15) is 4.79 Å². The van der Waals surface area contributed by atoms with Crippen LogP contribution in [0.2, 0.25) is 0 Å². The molecular formula is C12H13NO3. The molecule has 0 fully saturated rings. The smallest absolute Gasteiger partial charge is 0.341 e. The number of hydrogen-bond donors (Lipinski definition) is 1. The number of aromatic carboxylic acids is 1. The zero-order valence-corrected chi connectivity index (χ0v) is 9.44. The number of rotatable bonds is 3. The molecule has 0 aliphatic carbocycles. The van der Waals surface area contributed by atoms with Gasteiger partial charge in [-0.15, -0.1) is 6.42 Å². The van der Waals surface area contributed by atoms with Gasteiger partial charge in [0.2, 0.25) is 5.88 Å². The Kier molecular flexibility index (Phi) is 3.19. The maximum atomic E-state index is 11.0. The summed E-state index contributed by atoms with van der Waals surface area (Å²) in [6.45, 7) is 5.02. The molecule has 4 nitrogen and oxygen atoms in total. The summed E-state index contributed by atoms with van der Waals surface area (Å²) in [5.74, 6) is 1.40. The Morgan fingerprint density at radius 3 is 2.75 bits per heavy atom. The van der Waals surface area contributed by atoms with E-state index in [-0.39, 0.29) is 11.4 Å². The molecule has 0 amide bonds. The molecule has 0 aliphatic rings. The summed E-state index contributed by atoms with van der Waals surface area (Å²) in [6, 6.07) is 1.61. The molecule has 1 N–H and O–H groups in total. The van der Waals surface area contributed by atoms with Crippen molar-refractivity contribution in [3.05, 3.63) is 23.4 Å². The Morgan fingerprint density at radius 1 is 1.62 bits per heavy atom. The normalized spacial score (nSPS) is 10.6. The second-order valence-electron chi connectivity index (χ2n) is 3.87. The summed E-state index contributed by atoms with van der Waals surface area (Å²) in [7, 11) is 0. The monoisotopic (exact) mass is 219 g/mol. The number of carboxylic acids is 1. The van der Waals surface area contributed by atoms with Crippen molar-refractivity contribution < 1.29 is 14.6 Å². The molecule has 0 radical (unpaired) electrons. The van der Waals surface area contributed by atoms with Gasteiger partial charge >= 0.3 is 5.97 Å². The lowest BCUT2D eigenvalue weighted by atomic mass is 10.1. The molecule has 1 heterocycles. The Labute approximate surface area is 94.3 Å². The van der Waals surface area contributed by atoms with Gasteiger partial charge in [-0.25, -0.2) is 9.78 Å². The number of pyridine rings is 1. The number of aryl methyl sites for hydroxylation is 1. The summed E-state index contributed by atoms with van der Waals surface area (Å²) in [5, 5.41) is 9.04. The molecule has 0 aliphatic heterocycles. The predicted molar refractivity (Wildman–Crippen MR) is 59.5 cm³/mol. The zero-order valence-electron chi connectivity index (χ0n) is 9.44. The third-order valence-electron chi connectivity index (χ3n) is 2.04. The van der Waals surface area contributed by atoms with E-state index in [0.29, 0.717) is 5.56 Å². The summed E-state index contributed by atoms with van der Waals surface area (Å²) >= 11 is 0. The first-order valence-electron chi connectivity index (χ1n) is 4.73. The highest BCUT2D eigenvalue weighted by Gasteiger charge is 2.22. The van der Waals surface area contributed by atoms with E-state index in [4.69, 9.17) is 16.3 Å². The predicted octanol–water partition coefficient (Wildman–Crippen LogP) is 1.88. The van der Waals surface area contributed by atoms with Crippen molar-refractivity contribution >= 4 is 5.97 Å². The SMILES string of the molecule is C#CC(C)(C)Oc1nccc(C)c1C(=O)O. The van der Waals surface area contributed by atoms with E-state index in [1.54, 1.807) is 26.8 Å². The highest BCUT2D eigenvalue weighted by Crippen LogP contribution is 2.22. The van der Waals surface area contributed by atoms with Crippen molar-refractivity contribution in [1.29, 1.82) is 0 Å². The Morgan fingerprint density at radius 2 is 2.25 bits per heavy atom. The molecule has 84 valence electrons. The largest absolute Gasteiger partial charge is 0.477 e. The molecule has 0 saturated heterocycles. The maximum absolute atomic E-state index is 11.0. The van der Waals surface area contributed by atoms with Crippen molar-refractivity contribution in [2.45, 2.75) is 26.4 Å². The van der Waals surface area contributed by atoms with Crippen LogP contribution in [-0.4, -0.2) is 21.7 Å². The molecule has 0 spiro atoms. The lowest BCUT2D eigenvalue weighted by Gasteiger charge is -2.20. The molecule has 0 saturated carbocycles. The first-order chi connectivity index (χ1) is 7.37. The topological polar surface area (TPSA) is 59.4 Å². The third kappa shape index (κ3) is 2.51. The summed E-state index contributed by atoms with van der Waals surface area (Å²) in [6.07, 6.45) is 6.76. The zero-order chi connectivity index (χ0) is 12.3. The molecule has 4 heteroatoms. The average Bonchev–Trinajstić information content (AvgIpc) is 2.16. The number of aromatic nitrogens is 1. The van der Waals surface area contributed by atoms with Crippen molar-refractivity contribution in [2.24, 2.45) is 0 Å². The molecule has 1 aromatic heterocycles. The van der Waals surface area contributed by atoms with Crippen LogP contribution in [-0.2, 0) is 0 Å². The average molecular weight is 219 g/mol. The Hall–Kier alpha value is -2.02. The van der Waals surface area contributed by atoms with E-state index < -0.39 is 11.6 Å². The molecule has 1 rings (SSSR count). The minimum absolute atomic E-state index is 0.0471. The van der Waals surface area contributed by atoms with Gasteiger partial charge in [0.15, 0.2) is 5.60 Å². The maximum Gasteiger partial charge on any atom is 0.341 e. The second-order valence-corrected chi connectivity index (χ2v) is 3.87. The van der Waals surface area contributed by atoms with Gasteiger partial charge < -0.3 is 9.84 Å². The second kappa shape index (κ2) is 4.23. The van der Waals surface area contributed by atoms with E-state index in [0.717, 1.165) is 0 Å². The van der Waals surface area contributed by atoms with Gasteiger partial charge in [0, 0.05) is 6.20 Å². The molecule has 0 unspecified atom stereocenters. The van der Waals surface area contributed by atoms with Crippen molar-refractivity contribution in [1.82, 2.24) is 4.98 Å². The van der Waals surface area contributed by atoms with E-state index in [2.05, 4.69) is 10.9 Å². The number of terminal acetylenes is 1. The van der Waals surface area contributed by atoms with Gasteiger partial charge in [0.05, 0.1) is 0 Å². The summed E-state index contributed by atoms with van der Waals surface area (Å²) < 4.78 is 5.40. The van der Waals surface area contributed by atoms with Crippen LogP contribution in [0.3, 0.4) is 0 Å². The Bertz CT molecular complexity index is 458. The highest BCUT2D eigenvalue weighted by molar-refractivity contribution is 5.91. The molecule has 0 bridgehead atoms. The fraction of sp³-hybridized carbons (Fsp3) is 0.333. The van der Waals surface area contributed by atoms with Crippen molar-refractivity contribution in [3.63, 3.8) is 0 Å². The minimum atomic E-state index is -1.08. The summed E-state index contributed by atoms with van der Waals surface area (Å²) in [4.78, 5) is 14.9. The van der Waals surface area contributed by atoms with Crippen molar-refractivity contribution in [3.8, 4) is 18.2 Å². The van der Waals surface area contributed by atoms with E-state index in [1.807, 2.05) is 0 Å². The quantitative estimate of drug-likeness (QED) is 0.788. The number of hydrogen-bond acceptors (Lipinski definition) is 3. The first kappa shape index (κ1) is 12.1.